The minimum absolute atomic E-state index is 0.388. The summed E-state index contributed by atoms with van der Waals surface area (Å²) in [4.78, 5) is 0. The van der Waals surface area contributed by atoms with E-state index < -0.39 is 0 Å². The number of nitrogens with one attached hydrogen (secondary N) is 1. The van der Waals surface area contributed by atoms with Crippen LogP contribution in [-0.2, 0) is 11.2 Å². The van der Waals surface area contributed by atoms with Gasteiger partial charge in [0.05, 0.1) is 6.10 Å². The summed E-state index contributed by atoms with van der Waals surface area (Å²) >= 11 is 12.3. The third-order valence-corrected chi connectivity index (χ3v) is 4.57. The maximum Gasteiger partial charge on any atom is 0.0590 e. The molecule has 2 nitrogen and oxygen atoms in total. The van der Waals surface area contributed by atoms with Crippen molar-refractivity contribution in [3.63, 3.8) is 0 Å². The van der Waals surface area contributed by atoms with Gasteiger partial charge in [-0.15, -0.1) is 0 Å². The largest absolute Gasteiger partial charge is 0.378 e. The Hall–Kier alpha value is -0.280. The van der Waals surface area contributed by atoms with Gasteiger partial charge in [-0.25, -0.2) is 0 Å². The van der Waals surface area contributed by atoms with Gasteiger partial charge in [-0.1, -0.05) is 36.2 Å². The zero-order chi connectivity index (χ0) is 15.1. The van der Waals surface area contributed by atoms with E-state index in [1.807, 2.05) is 18.2 Å². The molecular formula is C17H25Cl2NO. The molecule has 4 heteroatoms. The van der Waals surface area contributed by atoms with Crippen LogP contribution in [0.5, 0.6) is 0 Å². The average Bonchev–Trinajstić information content (AvgIpc) is 2.48. The Bertz CT molecular complexity index is 433. The van der Waals surface area contributed by atoms with E-state index in [4.69, 9.17) is 27.9 Å². The SMILES string of the molecule is CCCNC(Cc1ccc(Cl)cc1Cl)CC1CCCCO1. The molecule has 2 atom stereocenters. The van der Waals surface area contributed by atoms with Gasteiger partial charge in [-0.2, -0.15) is 0 Å². The van der Waals surface area contributed by atoms with Crippen LogP contribution in [0, 0.1) is 0 Å². The molecule has 1 aliphatic rings. The highest BCUT2D eigenvalue weighted by molar-refractivity contribution is 6.35. The van der Waals surface area contributed by atoms with Gasteiger partial charge in [-0.3, -0.25) is 0 Å². The lowest BCUT2D eigenvalue weighted by molar-refractivity contribution is 0.00526. The fraction of sp³-hybridized carbons (Fsp3) is 0.647. The fourth-order valence-corrected chi connectivity index (χ4v) is 3.34. The minimum Gasteiger partial charge on any atom is -0.378 e. The first kappa shape index (κ1) is 17.1. The van der Waals surface area contributed by atoms with E-state index in [2.05, 4.69) is 12.2 Å². The van der Waals surface area contributed by atoms with Crippen molar-refractivity contribution in [3.8, 4) is 0 Å². The first-order valence-corrected chi connectivity index (χ1v) is 8.73. The zero-order valence-electron chi connectivity index (χ0n) is 12.7. The van der Waals surface area contributed by atoms with Gasteiger partial charge >= 0.3 is 0 Å². The summed E-state index contributed by atoms with van der Waals surface area (Å²) in [6.07, 6.45) is 7.17. The Morgan fingerprint density at radius 2 is 2.19 bits per heavy atom. The van der Waals surface area contributed by atoms with E-state index in [1.54, 1.807) is 0 Å². The second-order valence-corrected chi connectivity index (χ2v) is 6.66. The first-order valence-electron chi connectivity index (χ1n) is 7.98. The Kier molecular flexibility index (Phi) is 7.31. The minimum atomic E-state index is 0.388. The second kappa shape index (κ2) is 8.99. The Labute approximate surface area is 138 Å². The Balaban J connectivity index is 1.97. The molecule has 0 radical (unpaired) electrons. The summed E-state index contributed by atoms with van der Waals surface area (Å²) in [5.74, 6) is 0. The van der Waals surface area contributed by atoms with E-state index in [9.17, 15) is 0 Å². The highest BCUT2D eigenvalue weighted by Crippen LogP contribution is 2.24. The maximum absolute atomic E-state index is 6.31. The molecule has 1 aromatic carbocycles. The van der Waals surface area contributed by atoms with Gasteiger partial charge in [0.2, 0.25) is 0 Å². The first-order chi connectivity index (χ1) is 10.2. The van der Waals surface area contributed by atoms with E-state index in [0.717, 1.165) is 43.0 Å². The summed E-state index contributed by atoms with van der Waals surface area (Å²) < 4.78 is 5.88. The molecule has 1 aromatic rings. The number of halogens is 2. The number of rotatable bonds is 7. The van der Waals surface area contributed by atoms with E-state index in [-0.39, 0.29) is 0 Å². The van der Waals surface area contributed by atoms with E-state index >= 15 is 0 Å². The van der Waals surface area contributed by atoms with Crippen molar-refractivity contribution in [1.82, 2.24) is 5.32 Å². The molecular weight excluding hydrogens is 305 g/mol. The number of hydrogen-bond donors (Lipinski definition) is 1. The summed E-state index contributed by atoms with van der Waals surface area (Å²) in [6.45, 7) is 4.13. The average molecular weight is 330 g/mol. The lowest BCUT2D eigenvalue weighted by Crippen LogP contribution is -2.36. The topological polar surface area (TPSA) is 21.3 Å². The summed E-state index contributed by atoms with van der Waals surface area (Å²) in [5.41, 5.74) is 1.16. The van der Waals surface area contributed by atoms with Gasteiger partial charge < -0.3 is 10.1 Å². The quantitative estimate of drug-likeness (QED) is 0.771. The van der Waals surface area contributed by atoms with Crippen molar-refractivity contribution in [2.45, 2.75) is 57.6 Å². The van der Waals surface area contributed by atoms with Crippen molar-refractivity contribution >= 4 is 23.2 Å². The number of ether oxygens (including phenoxy) is 1. The van der Waals surface area contributed by atoms with Crippen molar-refractivity contribution in [2.75, 3.05) is 13.2 Å². The lowest BCUT2D eigenvalue weighted by Gasteiger charge is -2.28. The molecule has 0 bridgehead atoms. The monoisotopic (exact) mass is 329 g/mol. The molecule has 2 rings (SSSR count). The molecule has 0 aliphatic carbocycles. The van der Waals surface area contributed by atoms with Crippen LogP contribution in [0.4, 0.5) is 0 Å². The molecule has 1 heterocycles. The summed E-state index contributed by atoms with van der Waals surface area (Å²) in [7, 11) is 0. The molecule has 0 amide bonds. The zero-order valence-corrected chi connectivity index (χ0v) is 14.2. The standard InChI is InChI=1S/C17H25Cl2NO/c1-2-8-20-15(12-16-5-3-4-9-21-16)10-13-6-7-14(18)11-17(13)19/h6-7,11,15-16,20H,2-5,8-10,12H2,1H3. The molecule has 1 fully saturated rings. The van der Waals surface area contributed by atoms with E-state index in [1.165, 1.54) is 19.3 Å². The molecule has 1 aliphatic heterocycles. The van der Waals surface area contributed by atoms with Gasteiger partial charge in [0.1, 0.15) is 0 Å². The van der Waals surface area contributed by atoms with Gasteiger partial charge in [0.25, 0.3) is 0 Å². The molecule has 21 heavy (non-hydrogen) atoms. The molecule has 0 aromatic heterocycles. The van der Waals surface area contributed by atoms with Crippen LogP contribution < -0.4 is 5.32 Å². The van der Waals surface area contributed by atoms with Crippen LogP contribution >= 0.6 is 23.2 Å². The summed E-state index contributed by atoms with van der Waals surface area (Å²) in [5, 5.41) is 5.09. The smallest absolute Gasteiger partial charge is 0.0590 e. The third-order valence-electron chi connectivity index (χ3n) is 3.99. The number of benzene rings is 1. The highest BCUT2D eigenvalue weighted by Gasteiger charge is 2.20. The molecule has 1 N–H and O–H groups in total. The van der Waals surface area contributed by atoms with E-state index in [0.29, 0.717) is 17.2 Å². The van der Waals surface area contributed by atoms with Crippen LogP contribution in [0.3, 0.4) is 0 Å². The molecule has 1 saturated heterocycles. The maximum atomic E-state index is 6.31. The Morgan fingerprint density at radius 3 is 2.86 bits per heavy atom. The van der Waals surface area contributed by atoms with Crippen LogP contribution in [0.25, 0.3) is 0 Å². The predicted octanol–water partition coefficient (Wildman–Crippen LogP) is 4.86. The van der Waals surface area contributed by atoms with Crippen LogP contribution in [0.15, 0.2) is 18.2 Å². The molecule has 0 spiro atoms. The summed E-state index contributed by atoms with van der Waals surface area (Å²) in [6, 6.07) is 6.18. The van der Waals surface area contributed by atoms with Crippen LogP contribution in [0.1, 0.15) is 44.6 Å². The Morgan fingerprint density at radius 1 is 1.33 bits per heavy atom. The van der Waals surface area contributed by atoms with Gasteiger partial charge in [0.15, 0.2) is 0 Å². The second-order valence-electron chi connectivity index (χ2n) is 5.82. The predicted molar refractivity (Wildman–Crippen MR) is 90.5 cm³/mol. The fourth-order valence-electron chi connectivity index (χ4n) is 2.85. The van der Waals surface area contributed by atoms with Crippen molar-refractivity contribution in [1.29, 1.82) is 0 Å². The normalized spacial score (nSPS) is 20.4. The van der Waals surface area contributed by atoms with Crippen molar-refractivity contribution in [3.05, 3.63) is 33.8 Å². The van der Waals surface area contributed by atoms with Gasteiger partial charge in [0, 0.05) is 22.7 Å². The van der Waals surface area contributed by atoms with Crippen molar-refractivity contribution < 1.29 is 4.74 Å². The molecule has 118 valence electrons. The van der Waals surface area contributed by atoms with Crippen LogP contribution in [0.2, 0.25) is 10.0 Å². The third kappa shape index (κ3) is 5.78. The van der Waals surface area contributed by atoms with Gasteiger partial charge in [-0.05, 0) is 62.8 Å². The van der Waals surface area contributed by atoms with Crippen molar-refractivity contribution in [2.24, 2.45) is 0 Å². The lowest BCUT2D eigenvalue weighted by atomic mass is 9.96. The molecule has 0 saturated carbocycles. The molecule has 2 unspecified atom stereocenters. The number of hydrogen-bond acceptors (Lipinski definition) is 2. The van der Waals surface area contributed by atoms with Crippen LogP contribution in [-0.4, -0.2) is 25.3 Å². The highest BCUT2D eigenvalue weighted by atomic mass is 35.5.